The normalized spacial score (nSPS) is 13.8. The minimum Gasteiger partial charge on any atom is -0.459 e. The molecule has 0 radical (unpaired) electrons. The van der Waals surface area contributed by atoms with Crippen molar-refractivity contribution in [3.8, 4) is 0 Å². The number of hydrogen-bond acceptors (Lipinski definition) is 17. The Hall–Kier alpha value is -4.36. The molecule has 0 aliphatic rings. The van der Waals surface area contributed by atoms with Gasteiger partial charge in [-0.05, 0) is 132 Å². The smallest absolute Gasteiger partial charge is 0.325 e. The highest BCUT2D eigenvalue weighted by molar-refractivity contribution is 5.85. The second-order valence-corrected chi connectivity index (χ2v) is 21.0. The van der Waals surface area contributed by atoms with E-state index in [0.717, 1.165) is 0 Å². The lowest BCUT2D eigenvalue weighted by molar-refractivity contribution is -0.171. The molecule has 0 aliphatic heterocycles. The second kappa shape index (κ2) is 23.4. The van der Waals surface area contributed by atoms with Gasteiger partial charge < -0.3 is 39.1 Å². The largest absolute Gasteiger partial charge is 0.459 e. The number of carbonyl (C=O) groups is 8. The number of carbonyl (C=O) groups excluding carboxylic acids is 8. The summed E-state index contributed by atoms with van der Waals surface area (Å²) in [5.74, 6) is -5.87. The molecule has 0 aliphatic carbocycles. The van der Waals surface area contributed by atoms with Crippen LogP contribution in [-0.2, 0) is 66.8 Å². The Morgan fingerprint density at radius 3 is 0.774 bits per heavy atom. The van der Waals surface area contributed by atoms with Crippen LogP contribution in [0.15, 0.2) is 0 Å². The molecule has 0 saturated carbocycles. The van der Waals surface area contributed by atoms with Crippen molar-refractivity contribution in [3.63, 3.8) is 0 Å². The number of likely N-dealkylation sites (N-methyl/N-ethyl adjacent to an activating group) is 1. The van der Waals surface area contributed by atoms with Crippen LogP contribution in [0.4, 0.5) is 0 Å². The number of nitrogens with zero attached hydrogens (tertiary/aromatic N) is 3. The van der Waals surface area contributed by atoms with Gasteiger partial charge in [-0.15, -0.1) is 0 Å². The van der Waals surface area contributed by atoms with E-state index in [1.54, 1.807) is 125 Å². The van der Waals surface area contributed by atoms with Crippen LogP contribution in [0.25, 0.3) is 0 Å². The maximum absolute atomic E-state index is 13.6. The highest BCUT2D eigenvalue weighted by atomic mass is 16.6. The SMILES string of the molecule is CN(CC(=O)NCC(C(=O)OC(C)(C)C)N(CC(=O)OC(C)(C)C)CC(=O)OC(C)(C)C)CC(=O)NCC(C(=O)OC(C)(C)C)N(CC(=O)OC(C)(C)C)CC(=O)OC(C)(C)C. The molecule has 0 heterocycles. The first kappa shape index (κ1) is 57.6. The number of nitrogens with one attached hydrogen (secondary N) is 2. The summed E-state index contributed by atoms with van der Waals surface area (Å²) in [7, 11) is 1.48. The maximum atomic E-state index is 13.6. The number of esters is 6. The molecule has 0 aromatic rings. The van der Waals surface area contributed by atoms with Crippen LogP contribution in [0.3, 0.4) is 0 Å². The first-order valence-electron chi connectivity index (χ1n) is 20.7. The highest BCUT2D eigenvalue weighted by Crippen LogP contribution is 2.17. The summed E-state index contributed by atoms with van der Waals surface area (Å²) >= 11 is 0. The zero-order chi connectivity index (χ0) is 48.8. The third kappa shape index (κ3) is 29.0. The molecule has 19 nitrogen and oxygen atoms in total. The molecule has 2 atom stereocenters. The van der Waals surface area contributed by atoms with Crippen molar-refractivity contribution in [3.05, 3.63) is 0 Å². The summed E-state index contributed by atoms with van der Waals surface area (Å²) in [6.07, 6.45) is 0. The molecule has 0 saturated heterocycles. The predicted molar refractivity (Wildman–Crippen MR) is 229 cm³/mol. The van der Waals surface area contributed by atoms with Crippen molar-refractivity contribution >= 4 is 47.6 Å². The van der Waals surface area contributed by atoms with E-state index in [1.807, 2.05) is 0 Å². The average Bonchev–Trinajstić information content (AvgIpc) is 2.95. The van der Waals surface area contributed by atoms with E-state index >= 15 is 0 Å². The average molecular weight is 888 g/mol. The van der Waals surface area contributed by atoms with Crippen molar-refractivity contribution in [2.24, 2.45) is 0 Å². The summed E-state index contributed by atoms with van der Waals surface area (Å²) in [5.41, 5.74) is -5.45. The Bertz CT molecular complexity index is 1380. The van der Waals surface area contributed by atoms with Gasteiger partial charge in [0.15, 0.2) is 0 Å². The number of hydrogen-bond donors (Lipinski definition) is 2. The molecule has 0 rings (SSSR count). The number of amides is 2. The lowest BCUT2D eigenvalue weighted by Gasteiger charge is -2.33. The van der Waals surface area contributed by atoms with Crippen molar-refractivity contribution in [2.75, 3.05) is 59.4 Å². The zero-order valence-corrected chi connectivity index (χ0v) is 40.9. The Balaban J connectivity index is 6.27. The number of rotatable bonds is 20. The van der Waals surface area contributed by atoms with Gasteiger partial charge in [0.25, 0.3) is 0 Å². The molecule has 62 heavy (non-hydrogen) atoms. The first-order valence-corrected chi connectivity index (χ1v) is 20.7. The van der Waals surface area contributed by atoms with Gasteiger partial charge in [0, 0.05) is 13.1 Å². The van der Waals surface area contributed by atoms with Gasteiger partial charge in [-0.1, -0.05) is 0 Å². The molecule has 0 bridgehead atoms. The standard InChI is InChI=1S/C43H77N5O14/c1-38(2,3)57-32(51)24-47(25-33(52)58-39(4,5)6)28(36(55)61-42(13,14)15)20-44-30(49)22-46(19)23-31(50)45-21-29(37(56)62-43(16,17)18)48(26-34(53)59-40(7,8)9)27-35(54)60-41(10,11)12/h28-29H,20-27H2,1-19H3,(H,44,49)(H,45,50). The van der Waals surface area contributed by atoms with Crippen molar-refractivity contribution in [2.45, 2.75) is 170 Å². The van der Waals surface area contributed by atoms with E-state index in [4.69, 9.17) is 28.4 Å². The van der Waals surface area contributed by atoms with Crippen LogP contribution >= 0.6 is 0 Å². The predicted octanol–water partition coefficient (Wildman–Crippen LogP) is 2.54. The summed E-state index contributed by atoms with van der Waals surface area (Å²) < 4.78 is 33.1. The van der Waals surface area contributed by atoms with E-state index in [1.165, 1.54) is 21.7 Å². The zero-order valence-electron chi connectivity index (χ0n) is 40.9. The highest BCUT2D eigenvalue weighted by Gasteiger charge is 2.37. The van der Waals surface area contributed by atoms with E-state index < -0.39 is 133 Å². The summed E-state index contributed by atoms with van der Waals surface area (Å²) in [5, 5.41) is 5.27. The molecule has 0 spiro atoms. The molecule has 0 aromatic heterocycles. The lowest BCUT2D eigenvalue weighted by atomic mass is 10.1. The molecule has 2 amide bonds. The van der Waals surface area contributed by atoms with Crippen LogP contribution in [0.2, 0.25) is 0 Å². The quantitative estimate of drug-likeness (QED) is 0.132. The monoisotopic (exact) mass is 888 g/mol. The van der Waals surface area contributed by atoms with Crippen molar-refractivity contribution in [1.82, 2.24) is 25.3 Å². The van der Waals surface area contributed by atoms with Gasteiger partial charge >= 0.3 is 35.8 Å². The molecule has 2 N–H and O–H groups in total. The van der Waals surface area contributed by atoms with Crippen molar-refractivity contribution < 1.29 is 66.8 Å². The molecule has 2 unspecified atom stereocenters. The van der Waals surface area contributed by atoms with Crippen LogP contribution in [0.5, 0.6) is 0 Å². The van der Waals surface area contributed by atoms with Gasteiger partial charge in [-0.3, -0.25) is 53.1 Å². The third-order valence-electron chi connectivity index (χ3n) is 7.06. The summed E-state index contributed by atoms with van der Waals surface area (Å²) in [4.78, 5) is 109. The molecule has 0 aromatic carbocycles. The molecular formula is C43H77N5O14. The van der Waals surface area contributed by atoms with Gasteiger partial charge in [-0.2, -0.15) is 0 Å². The second-order valence-electron chi connectivity index (χ2n) is 21.0. The summed E-state index contributed by atoms with van der Waals surface area (Å²) in [6, 6.07) is -2.69. The van der Waals surface area contributed by atoms with Gasteiger partial charge in [-0.25, -0.2) is 0 Å². The van der Waals surface area contributed by atoms with E-state index in [2.05, 4.69) is 10.6 Å². The molecule has 19 heteroatoms. The fraction of sp³-hybridized carbons (Fsp3) is 0.814. The van der Waals surface area contributed by atoms with E-state index in [0.29, 0.717) is 0 Å². The Morgan fingerprint density at radius 1 is 0.371 bits per heavy atom. The van der Waals surface area contributed by atoms with Crippen LogP contribution < -0.4 is 10.6 Å². The summed E-state index contributed by atoms with van der Waals surface area (Å²) in [6.45, 7) is 26.2. The van der Waals surface area contributed by atoms with E-state index in [-0.39, 0.29) is 13.1 Å². The van der Waals surface area contributed by atoms with Crippen LogP contribution in [-0.4, -0.2) is 167 Å². The van der Waals surface area contributed by atoms with Crippen LogP contribution in [0, 0.1) is 0 Å². The Morgan fingerprint density at radius 2 is 0.581 bits per heavy atom. The third-order valence-corrected chi connectivity index (χ3v) is 7.06. The minimum atomic E-state index is -1.35. The Labute approximate surface area is 368 Å². The lowest BCUT2D eigenvalue weighted by Crippen LogP contribution is -2.55. The first-order chi connectivity index (χ1) is 27.6. The number of ether oxygens (including phenoxy) is 6. The fourth-order valence-electron chi connectivity index (χ4n) is 5.25. The molecular weight excluding hydrogens is 810 g/mol. The molecule has 0 fully saturated rings. The maximum Gasteiger partial charge on any atom is 0.325 e. The van der Waals surface area contributed by atoms with Crippen molar-refractivity contribution in [1.29, 1.82) is 0 Å². The van der Waals surface area contributed by atoms with Gasteiger partial charge in [0.1, 0.15) is 45.7 Å². The topological polar surface area (TPSA) is 226 Å². The van der Waals surface area contributed by atoms with Gasteiger partial charge in [0.2, 0.25) is 11.8 Å². The fourth-order valence-corrected chi connectivity index (χ4v) is 5.25. The van der Waals surface area contributed by atoms with Crippen LogP contribution in [0.1, 0.15) is 125 Å². The van der Waals surface area contributed by atoms with E-state index in [9.17, 15) is 38.4 Å². The van der Waals surface area contributed by atoms with Gasteiger partial charge in [0.05, 0.1) is 39.3 Å². The minimum absolute atomic E-state index is 0.356. The molecule has 358 valence electrons. The Kier molecular flexibility index (Phi) is 21.7.